The van der Waals surface area contributed by atoms with Gasteiger partial charge < -0.3 is 0 Å². The van der Waals surface area contributed by atoms with E-state index in [-0.39, 0.29) is 20.4 Å². The largest absolute Gasteiger partial charge is 0.295 e. The fourth-order valence-electron chi connectivity index (χ4n) is 4.05. The molecule has 4 rings (SSSR count). The lowest BCUT2D eigenvalue weighted by Crippen LogP contribution is -2.33. The summed E-state index contributed by atoms with van der Waals surface area (Å²) in [6.07, 6.45) is 3.60. The highest BCUT2D eigenvalue weighted by molar-refractivity contribution is 7.86. The van der Waals surface area contributed by atoms with Crippen LogP contribution in [0.25, 0.3) is 29.6 Å². The van der Waals surface area contributed by atoms with Gasteiger partial charge in [-0.05, 0) is 73.5 Å². The van der Waals surface area contributed by atoms with Crippen LogP contribution in [-0.4, -0.2) is 45.5 Å². The maximum atomic E-state index is 13.3. The van der Waals surface area contributed by atoms with Gasteiger partial charge in [0, 0.05) is 5.69 Å². The van der Waals surface area contributed by atoms with E-state index >= 15 is 0 Å². The Bertz CT molecular complexity index is 2040. The van der Waals surface area contributed by atoms with Crippen molar-refractivity contribution in [2.45, 2.75) is 30.1 Å². The molecule has 0 radical (unpaired) electrons. The number of allylic oxidation sites excluding steroid dienone is 2. The molecule has 0 spiro atoms. The average molecular weight is 573 g/mol. The molecule has 0 aliphatic rings. The normalized spacial score (nSPS) is 13.2. The van der Waals surface area contributed by atoms with Crippen molar-refractivity contribution in [1.82, 2.24) is 19.6 Å². The fraction of sp³-hybridized carbons (Fsp3) is 0.120. The van der Waals surface area contributed by atoms with Gasteiger partial charge in [0.15, 0.2) is 0 Å². The summed E-state index contributed by atoms with van der Waals surface area (Å²) in [4.78, 5) is 25.7. The summed E-state index contributed by atoms with van der Waals surface area (Å²) in [6, 6.07) is 10.2. The molecule has 2 heterocycles. The van der Waals surface area contributed by atoms with E-state index in [2.05, 4.69) is 16.8 Å². The predicted octanol–water partition coefficient (Wildman–Crippen LogP) is 1.13. The maximum Gasteiger partial charge on any atom is 0.294 e. The molecule has 204 valence electrons. The molecule has 14 heteroatoms. The number of hydrogen-bond acceptors (Lipinski definition) is 6. The van der Waals surface area contributed by atoms with E-state index in [4.69, 9.17) is 4.55 Å². The van der Waals surface area contributed by atoms with Gasteiger partial charge in [-0.1, -0.05) is 19.6 Å². The zero-order valence-electron chi connectivity index (χ0n) is 20.7. The first-order chi connectivity index (χ1) is 18.2. The van der Waals surface area contributed by atoms with Crippen LogP contribution >= 0.6 is 0 Å². The highest BCUT2D eigenvalue weighted by Crippen LogP contribution is 2.20. The molecule has 0 saturated heterocycles. The molecule has 12 nitrogen and oxygen atoms in total. The molecular weight excluding hydrogens is 548 g/mol. The second-order valence-electron chi connectivity index (χ2n) is 8.55. The van der Waals surface area contributed by atoms with Crippen molar-refractivity contribution in [3.63, 3.8) is 0 Å². The van der Waals surface area contributed by atoms with E-state index in [0.29, 0.717) is 34.6 Å². The molecule has 0 bridgehead atoms. The van der Waals surface area contributed by atoms with Crippen molar-refractivity contribution in [2.24, 2.45) is 0 Å². The predicted molar refractivity (Wildman–Crippen MR) is 145 cm³/mol. The third kappa shape index (κ3) is 5.49. The Labute approximate surface area is 222 Å². The third-order valence-electron chi connectivity index (χ3n) is 6.02. The monoisotopic (exact) mass is 572 g/mol. The Balaban J connectivity index is 1.75. The number of nitrogens with one attached hydrogen (secondary N) is 2. The van der Waals surface area contributed by atoms with Gasteiger partial charge in [0.1, 0.15) is 0 Å². The smallest absolute Gasteiger partial charge is 0.294 e. The van der Waals surface area contributed by atoms with E-state index in [1.54, 1.807) is 13.0 Å². The molecular formula is C25H24N4O8S2. The van der Waals surface area contributed by atoms with E-state index in [9.17, 15) is 31.0 Å². The van der Waals surface area contributed by atoms with Crippen molar-refractivity contribution < 1.29 is 25.9 Å². The molecule has 4 N–H and O–H groups in total. The Hall–Kier alpha value is -4.24. The number of hydrogen-bond donors (Lipinski definition) is 4. The van der Waals surface area contributed by atoms with Gasteiger partial charge in [-0.25, -0.2) is 9.36 Å². The summed E-state index contributed by atoms with van der Waals surface area (Å²) in [5.74, 6) is 0. The molecule has 2 aromatic carbocycles. The number of aromatic nitrogens is 4. The minimum Gasteiger partial charge on any atom is -0.295 e. The number of benzene rings is 2. The number of H-pyrrole nitrogens is 2. The summed E-state index contributed by atoms with van der Waals surface area (Å²) in [5.41, 5.74) is 1.35. The van der Waals surface area contributed by atoms with Gasteiger partial charge in [0.05, 0.1) is 37.3 Å². The third-order valence-corrected chi connectivity index (χ3v) is 7.75. The van der Waals surface area contributed by atoms with Gasteiger partial charge in [0.2, 0.25) is 0 Å². The number of rotatable bonds is 7. The van der Waals surface area contributed by atoms with Crippen molar-refractivity contribution in [3.8, 4) is 11.4 Å². The van der Waals surface area contributed by atoms with E-state index in [1.165, 1.54) is 51.8 Å². The highest BCUT2D eigenvalue weighted by Gasteiger charge is 2.17. The van der Waals surface area contributed by atoms with Crippen LogP contribution in [0.5, 0.6) is 0 Å². The first kappa shape index (κ1) is 27.8. The van der Waals surface area contributed by atoms with Crippen LogP contribution in [0, 0.1) is 6.92 Å². The van der Waals surface area contributed by atoms with E-state index in [0.717, 1.165) is 12.1 Å². The highest BCUT2D eigenvalue weighted by atomic mass is 32.2. The molecule has 2 aromatic heterocycles. The van der Waals surface area contributed by atoms with Gasteiger partial charge in [-0.2, -0.15) is 16.8 Å². The summed E-state index contributed by atoms with van der Waals surface area (Å²) >= 11 is 0. The molecule has 0 amide bonds. The standard InChI is InChI=1S/C25H24N4O8S2/c1-4-17(23-16(3)27-29(25(23)31)19-8-12-21(13-9-19)39(35,36)37)5-14-22-15(2)26-28(24(22)30)18-6-10-20(11-7-18)38(32,33)34/h5-14,26-27H,2,4H2,1,3H3,(H,32,33,34)(H,35,36,37). The summed E-state index contributed by atoms with van der Waals surface area (Å²) in [7, 11) is -8.76. The Morgan fingerprint density at radius 2 is 1.31 bits per heavy atom. The number of aromatic amines is 2. The van der Waals surface area contributed by atoms with Crippen LogP contribution in [0.3, 0.4) is 0 Å². The molecule has 0 fully saturated rings. The van der Waals surface area contributed by atoms with Crippen LogP contribution in [0.15, 0.2) is 74.0 Å². The van der Waals surface area contributed by atoms with Gasteiger partial charge in [-0.15, -0.1) is 0 Å². The van der Waals surface area contributed by atoms with Crippen LogP contribution in [0.1, 0.15) is 24.6 Å². The van der Waals surface area contributed by atoms with Gasteiger partial charge >= 0.3 is 0 Å². The average Bonchev–Trinajstić information content (AvgIpc) is 3.33. The van der Waals surface area contributed by atoms with E-state index < -0.39 is 31.4 Å². The van der Waals surface area contributed by atoms with Crippen molar-refractivity contribution in [2.75, 3.05) is 0 Å². The van der Waals surface area contributed by atoms with Crippen LogP contribution in [-0.2, 0) is 20.2 Å². The molecule has 4 aromatic rings. The Morgan fingerprint density at radius 1 is 0.846 bits per heavy atom. The van der Waals surface area contributed by atoms with Crippen molar-refractivity contribution in [3.05, 3.63) is 97.1 Å². The zero-order chi connectivity index (χ0) is 28.7. The SMILES string of the molecule is C=c1[nH]n(-c2ccc(S(=O)(=O)O)cc2)c(=O)c1=CC=C(CC)c1c(C)[nH]n(-c2ccc(S(=O)(=O)O)cc2)c1=O. The second kappa shape index (κ2) is 10.1. The van der Waals surface area contributed by atoms with Crippen molar-refractivity contribution >= 4 is 38.5 Å². The first-order valence-electron chi connectivity index (χ1n) is 11.4. The Kier molecular flexibility index (Phi) is 7.23. The second-order valence-corrected chi connectivity index (χ2v) is 11.4. The molecule has 39 heavy (non-hydrogen) atoms. The van der Waals surface area contributed by atoms with Crippen LogP contribution in [0.2, 0.25) is 0 Å². The lowest BCUT2D eigenvalue weighted by atomic mass is 10.0. The summed E-state index contributed by atoms with van der Waals surface area (Å²) < 4.78 is 65.9. The molecule has 0 unspecified atom stereocenters. The van der Waals surface area contributed by atoms with Gasteiger partial charge in [0.25, 0.3) is 31.4 Å². The minimum absolute atomic E-state index is 0.217. The summed E-state index contributed by atoms with van der Waals surface area (Å²) in [5, 5.41) is 6.28. The molecule has 0 aliphatic heterocycles. The molecule has 0 saturated carbocycles. The number of aryl methyl sites for hydroxylation is 1. The fourth-order valence-corrected chi connectivity index (χ4v) is 5.01. The number of nitrogens with zero attached hydrogens (tertiary/aromatic N) is 2. The summed E-state index contributed by atoms with van der Waals surface area (Å²) in [6.45, 7) is 7.40. The zero-order valence-corrected chi connectivity index (χ0v) is 22.4. The Morgan fingerprint density at radius 3 is 1.74 bits per heavy atom. The van der Waals surface area contributed by atoms with Crippen LogP contribution in [0.4, 0.5) is 0 Å². The van der Waals surface area contributed by atoms with Gasteiger partial charge in [-0.3, -0.25) is 28.9 Å². The lowest BCUT2D eigenvalue weighted by molar-refractivity contribution is 0.481. The van der Waals surface area contributed by atoms with E-state index in [1.807, 2.05) is 6.92 Å². The molecule has 0 atom stereocenters. The van der Waals surface area contributed by atoms with Crippen LogP contribution < -0.4 is 21.7 Å². The maximum absolute atomic E-state index is 13.3. The lowest BCUT2D eigenvalue weighted by Gasteiger charge is -2.03. The van der Waals surface area contributed by atoms with Crippen molar-refractivity contribution in [1.29, 1.82) is 0 Å². The quantitative estimate of drug-likeness (QED) is 0.238. The minimum atomic E-state index is -4.38. The molecule has 0 aliphatic carbocycles. The topological polar surface area (TPSA) is 184 Å². The first-order valence-corrected chi connectivity index (χ1v) is 14.3.